The molecule has 0 amide bonds. The highest BCUT2D eigenvalue weighted by Crippen LogP contribution is 2.43. The van der Waals surface area contributed by atoms with E-state index < -0.39 is 5.69 Å². The monoisotopic (exact) mass is 479 g/mol. The molecule has 34 heavy (non-hydrogen) atoms. The van der Waals surface area contributed by atoms with Gasteiger partial charge in [0.25, 0.3) is 0 Å². The first-order valence-corrected chi connectivity index (χ1v) is 11.8. The molecule has 1 aliphatic rings. The fraction of sp³-hybridized carbons (Fsp3) is 0.304. The molecular weight excluding hydrogens is 457 g/mol. The smallest absolute Gasteiger partial charge is 0.323 e. The molecule has 0 atom stereocenters. The highest BCUT2D eigenvalue weighted by molar-refractivity contribution is 7.15. The van der Waals surface area contributed by atoms with Gasteiger partial charge in [-0.1, -0.05) is 6.42 Å². The summed E-state index contributed by atoms with van der Waals surface area (Å²) in [6.45, 7) is 0.538. The topological polar surface area (TPSA) is 129 Å². The molecule has 9 nitrogen and oxygen atoms in total. The summed E-state index contributed by atoms with van der Waals surface area (Å²) in [6.07, 6.45) is 8.33. The van der Waals surface area contributed by atoms with E-state index in [-0.39, 0.29) is 29.1 Å². The number of imidazole rings is 1. The largest absolute Gasteiger partial charge is 0.368 e. The number of pyridine rings is 1. The zero-order valence-electron chi connectivity index (χ0n) is 18.2. The third-order valence-corrected chi connectivity index (χ3v) is 7.19. The zero-order valence-corrected chi connectivity index (χ0v) is 19.0. The van der Waals surface area contributed by atoms with E-state index in [0.29, 0.717) is 35.2 Å². The number of nitrogens with one attached hydrogen (secondary N) is 3. The molecule has 1 saturated carbocycles. The molecule has 0 radical (unpaired) electrons. The van der Waals surface area contributed by atoms with E-state index >= 15 is 0 Å². The molecule has 1 aliphatic carbocycles. The first-order chi connectivity index (χ1) is 16.5. The molecule has 0 saturated heterocycles. The normalized spacial score (nSPS) is 14.5. The summed E-state index contributed by atoms with van der Waals surface area (Å²) in [5.41, 5.74) is 0.706. The molecule has 4 aromatic heterocycles. The summed E-state index contributed by atoms with van der Waals surface area (Å²) in [5.74, 6) is 0.195. The number of aromatic nitrogens is 6. The lowest BCUT2D eigenvalue weighted by molar-refractivity contribution is 0.0978. The van der Waals surface area contributed by atoms with E-state index in [4.69, 9.17) is 0 Å². The maximum Gasteiger partial charge on any atom is 0.323 e. The van der Waals surface area contributed by atoms with Crippen molar-refractivity contribution >= 4 is 22.9 Å². The molecule has 5 rings (SSSR count). The van der Waals surface area contributed by atoms with Gasteiger partial charge in [-0.3, -0.25) is 9.78 Å². The number of hydrogen-bond acceptors (Lipinski definition) is 8. The molecule has 0 aromatic carbocycles. The summed E-state index contributed by atoms with van der Waals surface area (Å²) in [5, 5.41) is 12.5. The fourth-order valence-electron chi connectivity index (χ4n) is 4.07. The summed E-state index contributed by atoms with van der Waals surface area (Å²) in [7, 11) is 0. The number of nitrogens with zero attached hydrogens (tertiary/aromatic N) is 4. The van der Waals surface area contributed by atoms with E-state index in [1.54, 1.807) is 18.5 Å². The molecular formula is C23H22FN7O2S. The van der Waals surface area contributed by atoms with Gasteiger partial charge >= 0.3 is 5.69 Å². The number of H-pyrrole nitrogens is 2. The van der Waals surface area contributed by atoms with E-state index in [0.717, 1.165) is 24.1 Å². The predicted molar refractivity (Wildman–Crippen MR) is 125 cm³/mol. The maximum absolute atomic E-state index is 14.3. The number of carbonyl (C=O) groups excluding carboxylic acids is 1. The highest BCUT2D eigenvalue weighted by atomic mass is 32.1. The summed E-state index contributed by atoms with van der Waals surface area (Å²) in [6, 6.07) is 6.73. The van der Waals surface area contributed by atoms with Crippen LogP contribution in [0.1, 0.15) is 46.7 Å². The van der Waals surface area contributed by atoms with Crippen LogP contribution in [0.2, 0.25) is 0 Å². The number of halogens is 1. The van der Waals surface area contributed by atoms with Gasteiger partial charge in [0.1, 0.15) is 28.0 Å². The number of Topliss-reactive ketones (excluding diaryl/α,β-unsaturated/α-hetero) is 1. The molecule has 0 unspecified atom stereocenters. The average molecular weight is 480 g/mol. The Bertz CT molecular complexity index is 1360. The van der Waals surface area contributed by atoms with Crippen LogP contribution in [0.3, 0.4) is 0 Å². The minimum Gasteiger partial charge on any atom is -0.368 e. The van der Waals surface area contributed by atoms with Crippen LogP contribution < -0.4 is 11.0 Å². The Balaban J connectivity index is 1.19. The van der Waals surface area contributed by atoms with Crippen molar-refractivity contribution in [2.75, 3.05) is 11.9 Å². The standard InChI is InChI=1S/C23H22FN7O2S/c24-15-3-1-10-25-20(15)23(8-2-9-23)13-28-19-7-5-16(30-31-19)21-26-11-14(34-21)4-6-18(32)17-12-27-22(33)29-17/h1,3,5,7,10-12H,2,4,6,8-9,13H2,(H,28,31)(H2,27,29,33). The van der Waals surface area contributed by atoms with Gasteiger partial charge in [-0.05, 0) is 43.5 Å². The van der Waals surface area contributed by atoms with Crippen LogP contribution in [0, 0.1) is 5.82 Å². The van der Waals surface area contributed by atoms with Crippen molar-refractivity contribution in [1.82, 2.24) is 30.1 Å². The highest BCUT2D eigenvalue weighted by Gasteiger charge is 2.41. The molecule has 4 aromatic rings. The summed E-state index contributed by atoms with van der Waals surface area (Å²) in [4.78, 5) is 37.8. The lowest BCUT2D eigenvalue weighted by Gasteiger charge is -2.41. The maximum atomic E-state index is 14.3. The zero-order chi connectivity index (χ0) is 23.5. The molecule has 0 bridgehead atoms. The number of ketones is 1. The second kappa shape index (κ2) is 9.26. The SMILES string of the molecule is O=C(CCc1cnc(-c2ccc(NCC3(c4ncccc4F)CCC3)nn2)s1)c1c[nH]c(=O)[nH]1. The van der Waals surface area contributed by atoms with Crippen LogP contribution in [0.25, 0.3) is 10.7 Å². The van der Waals surface area contributed by atoms with Crippen LogP contribution in [0.15, 0.2) is 47.7 Å². The van der Waals surface area contributed by atoms with Crippen molar-refractivity contribution in [2.24, 2.45) is 0 Å². The fourth-order valence-corrected chi connectivity index (χ4v) is 4.95. The van der Waals surface area contributed by atoms with Gasteiger partial charge in [-0.15, -0.1) is 21.5 Å². The molecule has 4 heterocycles. The Kier molecular flexibility index (Phi) is 6.01. The van der Waals surface area contributed by atoms with E-state index in [1.165, 1.54) is 23.6 Å². The van der Waals surface area contributed by atoms with Crippen molar-refractivity contribution < 1.29 is 9.18 Å². The van der Waals surface area contributed by atoms with Crippen molar-refractivity contribution in [2.45, 2.75) is 37.5 Å². The second-order valence-electron chi connectivity index (χ2n) is 8.34. The van der Waals surface area contributed by atoms with Gasteiger partial charge in [0.15, 0.2) is 5.78 Å². The molecule has 3 N–H and O–H groups in total. The number of aryl methyl sites for hydroxylation is 1. The number of hydrogen-bond donors (Lipinski definition) is 3. The second-order valence-corrected chi connectivity index (χ2v) is 9.45. The van der Waals surface area contributed by atoms with Crippen molar-refractivity contribution in [1.29, 1.82) is 0 Å². The first-order valence-electron chi connectivity index (χ1n) is 11.0. The summed E-state index contributed by atoms with van der Waals surface area (Å²) >= 11 is 1.45. The van der Waals surface area contributed by atoms with Gasteiger partial charge < -0.3 is 15.3 Å². The van der Waals surface area contributed by atoms with Gasteiger partial charge in [0.05, 0.1) is 5.69 Å². The minimum absolute atomic E-state index is 0.140. The molecule has 11 heteroatoms. The van der Waals surface area contributed by atoms with Gasteiger partial charge in [0, 0.05) is 41.8 Å². The first kappa shape index (κ1) is 22.1. The van der Waals surface area contributed by atoms with E-state index in [9.17, 15) is 14.0 Å². The number of aromatic amines is 2. The van der Waals surface area contributed by atoms with Crippen LogP contribution in [-0.4, -0.2) is 42.5 Å². The third-order valence-electron chi connectivity index (χ3n) is 6.11. The predicted octanol–water partition coefficient (Wildman–Crippen LogP) is 3.50. The van der Waals surface area contributed by atoms with Crippen molar-refractivity contribution in [3.63, 3.8) is 0 Å². The minimum atomic E-state index is -0.397. The van der Waals surface area contributed by atoms with Crippen molar-refractivity contribution in [3.8, 4) is 10.7 Å². The molecule has 174 valence electrons. The Morgan fingerprint density at radius 1 is 1.21 bits per heavy atom. The number of rotatable bonds is 9. The van der Waals surface area contributed by atoms with E-state index in [2.05, 4.69) is 35.5 Å². The lowest BCUT2D eigenvalue weighted by atomic mass is 9.66. The number of carbonyl (C=O) groups is 1. The Morgan fingerprint density at radius 3 is 2.76 bits per heavy atom. The van der Waals surface area contributed by atoms with Crippen LogP contribution in [0.4, 0.5) is 10.2 Å². The van der Waals surface area contributed by atoms with Crippen LogP contribution in [0.5, 0.6) is 0 Å². The third kappa shape index (κ3) is 4.51. The van der Waals surface area contributed by atoms with Crippen LogP contribution in [-0.2, 0) is 11.8 Å². The average Bonchev–Trinajstić information content (AvgIpc) is 3.47. The number of anilines is 1. The quantitative estimate of drug-likeness (QED) is 0.313. The van der Waals surface area contributed by atoms with E-state index in [1.807, 2.05) is 12.1 Å². The molecule has 1 fully saturated rings. The van der Waals surface area contributed by atoms with Gasteiger partial charge in [-0.25, -0.2) is 14.2 Å². The Hall–Kier alpha value is -3.73. The Morgan fingerprint density at radius 2 is 2.09 bits per heavy atom. The number of thiazole rings is 1. The van der Waals surface area contributed by atoms with Gasteiger partial charge in [-0.2, -0.15) is 0 Å². The van der Waals surface area contributed by atoms with Crippen molar-refractivity contribution in [3.05, 3.63) is 75.4 Å². The summed E-state index contributed by atoms with van der Waals surface area (Å²) < 4.78 is 14.3. The molecule has 0 aliphatic heterocycles. The lowest BCUT2D eigenvalue weighted by Crippen LogP contribution is -2.42. The Labute approximate surface area is 197 Å². The van der Waals surface area contributed by atoms with Crippen LogP contribution >= 0.6 is 11.3 Å². The van der Waals surface area contributed by atoms with Gasteiger partial charge in [0.2, 0.25) is 0 Å². The molecule has 0 spiro atoms.